The van der Waals surface area contributed by atoms with Crippen LogP contribution in [0.1, 0.15) is 30.9 Å². The minimum Gasteiger partial charge on any atom is -0.387 e. The largest absolute Gasteiger partial charge is 0.387 e. The van der Waals surface area contributed by atoms with Crippen molar-refractivity contribution < 1.29 is 13.5 Å². The van der Waals surface area contributed by atoms with Crippen molar-refractivity contribution in [2.45, 2.75) is 30.3 Å². The van der Waals surface area contributed by atoms with Gasteiger partial charge in [0, 0.05) is 25.8 Å². The number of rotatable bonds is 6. The second-order valence-electron chi connectivity index (χ2n) is 6.15. The first-order valence-corrected chi connectivity index (χ1v) is 9.94. The van der Waals surface area contributed by atoms with Gasteiger partial charge in [-0.3, -0.25) is 0 Å². The third-order valence-electron chi connectivity index (χ3n) is 4.35. The topological polar surface area (TPSA) is 82.5 Å². The Morgan fingerprint density at radius 2 is 1.80 bits per heavy atom. The molecule has 0 radical (unpaired) electrons. The Morgan fingerprint density at radius 3 is 2.44 bits per heavy atom. The summed E-state index contributed by atoms with van der Waals surface area (Å²) in [4.78, 5) is 4.39. The maximum atomic E-state index is 12.6. The monoisotopic (exact) mass is 361 g/mol. The van der Waals surface area contributed by atoms with E-state index in [1.54, 1.807) is 12.1 Å². The number of nitrogens with one attached hydrogen (secondary N) is 1. The second-order valence-corrected chi connectivity index (χ2v) is 8.09. The van der Waals surface area contributed by atoms with Crippen molar-refractivity contribution in [2.75, 3.05) is 25.0 Å². The summed E-state index contributed by atoms with van der Waals surface area (Å²) in [6.45, 7) is 1.45. The third-order valence-corrected chi connectivity index (χ3v) is 6.23. The Morgan fingerprint density at radius 1 is 1.08 bits per heavy atom. The minimum atomic E-state index is -3.46. The van der Waals surface area contributed by atoms with E-state index < -0.39 is 16.1 Å². The van der Waals surface area contributed by atoms with Crippen LogP contribution in [-0.4, -0.2) is 42.4 Å². The Kier molecular flexibility index (Phi) is 5.67. The zero-order valence-corrected chi connectivity index (χ0v) is 14.8. The van der Waals surface area contributed by atoms with E-state index in [2.05, 4.69) is 10.3 Å². The van der Waals surface area contributed by atoms with Crippen LogP contribution in [0.5, 0.6) is 0 Å². The van der Waals surface area contributed by atoms with E-state index in [9.17, 15) is 13.5 Å². The summed E-state index contributed by atoms with van der Waals surface area (Å²) in [7, 11) is -3.46. The molecular weight excluding hydrogens is 338 g/mol. The number of aliphatic hydroxyl groups excluding tert-OH is 1. The Bertz CT molecular complexity index is 773. The van der Waals surface area contributed by atoms with Crippen LogP contribution in [0, 0.1) is 0 Å². The number of hydrogen-bond acceptors (Lipinski definition) is 5. The average molecular weight is 361 g/mol. The van der Waals surface area contributed by atoms with E-state index >= 15 is 0 Å². The lowest BCUT2D eigenvalue weighted by Gasteiger charge is -2.25. The first-order chi connectivity index (χ1) is 12.1. The van der Waals surface area contributed by atoms with Gasteiger partial charge >= 0.3 is 0 Å². The molecule has 1 aliphatic rings. The zero-order chi connectivity index (χ0) is 17.7. The van der Waals surface area contributed by atoms with E-state index in [0.29, 0.717) is 25.5 Å². The molecule has 7 heteroatoms. The van der Waals surface area contributed by atoms with Crippen molar-refractivity contribution in [3.63, 3.8) is 0 Å². The number of pyridine rings is 1. The van der Waals surface area contributed by atoms with Crippen LogP contribution >= 0.6 is 0 Å². The molecule has 0 bridgehead atoms. The second kappa shape index (κ2) is 7.95. The average Bonchev–Trinajstić information content (AvgIpc) is 2.68. The van der Waals surface area contributed by atoms with Crippen molar-refractivity contribution in [3.8, 4) is 0 Å². The standard InChI is InChI=1S/C18H23N3O3S/c22-17(15-7-3-1-4-8-15)14-20-18-10-9-16(13-19-18)25(23,24)21-11-5-2-6-12-21/h1,3-4,7-10,13,17,22H,2,5-6,11-12,14H2,(H,19,20)/t17-/m1/s1. The molecule has 2 N–H and O–H groups in total. The van der Waals surface area contributed by atoms with Crippen LogP contribution < -0.4 is 5.32 Å². The van der Waals surface area contributed by atoms with Gasteiger partial charge in [0.2, 0.25) is 10.0 Å². The number of piperidine rings is 1. The molecule has 6 nitrogen and oxygen atoms in total. The molecule has 0 spiro atoms. The highest BCUT2D eigenvalue weighted by atomic mass is 32.2. The highest BCUT2D eigenvalue weighted by molar-refractivity contribution is 7.89. The van der Waals surface area contributed by atoms with Gasteiger partial charge in [-0.15, -0.1) is 0 Å². The normalized spacial score (nSPS) is 17.2. The smallest absolute Gasteiger partial charge is 0.244 e. The summed E-state index contributed by atoms with van der Waals surface area (Å²) in [6.07, 6.45) is 3.62. The molecule has 134 valence electrons. The summed E-state index contributed by atoms with van der Waals surface area (Å²) in [6, 6.07) is 12.5. The van der Waals surface area contributed by atoms with Gasteiger partial charge in [-0.2, -0.15) is 4.31 Å². The van der Waals surface area contributed by atoms with Gasteiger partial charge in [0.1, 0.15) is 10.7 Å². The van der Waals surface area contributed by atoms with E-state index in [0.717, 1.165) is 24.8 Å². The van der Waals surface area contributed by atoms with Crippen LogP contribution in [0.2, 0.25) is 0 Å². The quantitative estimate of drug-likeness (QED) is 0.826. The van der Waals surface area contributed by atoms with E-state index in [1.807, 2.05) is 30.3 Å². The van der Waals surface area contributed by atoms with Crippen molar-refractivity contribution >= 4 is 15.8 Å². The molecule has 1 atom stereocenters. The van der Waals surface area contributed by atoms with Gasteiger partial charge < -0.3 is 10.4 Å². The van der Waals surface area contributed by atoms with Gasteiger partial charge in [0.15, 0.2) is 0 Å². The molecule has 0 unspecified atom stereocenters. The molecule has 0 aliphatic carbocycles. The molecule has 0 saturated carbocycles. The number of hydrogen-bond donors (Lipinski definition) is 2. The fraction of sp³-hybridized carbons (Fsp3) is 0.389. The van der Waals surface area contributed by atoms with Crippen LogP contribution in [-0.2, 0) is 10.0 Å². The molecule has 1 saturated heterocycles. The lowest BCUT2D eigenvalue weighted by molar-refractivity contribution is 0.191. The number of benzene rings is 1. The van der Waals surface area contributed by atoms with Crippen molar-refractivity contribution in [1.29, 1.82) is 0 Å². The van der Waals surface area contributed by atoms with Crippen molar-refractivity contribution in [1.82, 2.24) is 9.29 Å². The summed E-state index contributed by atoms with van der Waals surface area (Å²) in [5.41, 5.74) is 0.819. The first kappa shape index (κ1) is 17.8. The molecule has 25 heavy (non-hydrogen) atoms. The first-order valence-electron chi connectivity index (χ1n) is 8.50. The molecule has 3 rings (SSSR count). The lowest BCUT2D eigenvalue weighted by Crippen LogP contribution is -2.35. The SMILES string of the molecule is O=S(=O)(c1ccc(NC[C@@H](O)c2ccccc2)nc1)N1CCCCC1. The summed E-state index contributed by atoms with van der Waals surface area (Å²) in [5, 5.41) is 13.2. The lowest BCUT2D eigenvalue weighted by atomic mass is 10.1. The van der Waals surface area contributed by atoms with Crippen molar-refractivity contribution in [2.24, 2.45) is 0 Å². The van der Waals surface area contributed by atoms with Gasteiger partial charge in [-0.05, 0) is 30.5 Å². The number of aromatic nitrogens is 1. The molecule has 1 aromatic carbocycles. The molecule has 0 amide bonds. The third kappa shape index (κ3) is 4.36. The summed E-state index contributed by atoms with van der Waals surface area (Å²) < 4.78 is 26.7. The zero-order valence-electron chi connectivity index (χ0n) is 14.0. The highest BCUT2D eigenvalue weighted by Gasteiger charge is 2.26. The predicted octanol–water partition coefficient (Wildman–Crippen LogP) is 2.40. The van der Waals surface area contributed by atoms with Gasteiger partial charge in [0.05, 0.1) is 6.10 Å². The molecule has 1 aromatic heterocycles. The molecule has 1 aliphatic heterocycles. The van der Waals surface area contributed by atoms with E-state index in [-0.39, 0.29) is 4.90 Å². The Hall–Kier alpha value is -1.96. The maximum Gasteiger partial charge on any atom is 0.244 e. The van der Waals surface area contributed by atoms with Crippen molar-refractivity contribution in [3.05, 3.63) is 54.2 Å². The molecule has 1 fully saturated rings. The van der Waals surface area contributed by atoms with Crippen LogP contribution in [0.3, 0.4) is 0 Å². The van der Waals surface area contributed by atoms with Gasteiger partial charge in [-0.1, -0.05) is 36.8 Å². The number of sulfonamides is 1. The number of anilines is 1. The molecule has 2 aromatic rings. The Labute approximate surface area is 148 Å². The number of aliphatic hydroxyl groups is 1. The maximum absolute atomic E-state index is 12.6. The molecule has 2 heterocycles. The fourth-order valence-corrected chi connectivity index (χ4v) is 4.35. The fourth-order valence-electron chi connectivity index (χ4n) is 2.89. The van der Waals surface area contributed by atoms with E-state index in [1.165, 1.54) is 10.5 Å². The summed E-state index contributed by atoms with van der Waals surface area (Å²) >= 11 is 0. The Balaban J connectivity index is 1.62. The number of nitrogens with zero attached hydrogens (tertiary/aromatic N) is 2. The van der Waals surface area contributed by atoms with Crippen LogP contribution in [0.4, 0.5) is 5.82 Å². The predicted molar refractivity (Wildman–Crippen MR) is 96.7 cm³/mol. The van der Waals surface area contributed by atoms with Gasteiger partial charge in [-0.25, -0.2) is 13.4 Å². The summed E-state index contributed by atoms with van der Waals surface area (Å²) in [5.74, 6) is 0.535. The highest BCUT2D eigenvalue weighted by Crippen LogP contribution is 2.21. The van der Waals surface area contributed by atoms with Crippen LogP contribution in [0.15, 0.2) is 53.6 Å². The molecular formula is C18H23N3O3S. The minimum absolute atomic E-state index is 0.212. The van der Waals surface area contributed by atoms with E-state index in [4.69, 9.17) is 0 Å². The van der Waals surface area contributed by atoms with Gasteiger partial charge in [0.25, 0.3) is 0 Å². The van der Waals surface area contributed by atoms with Crippen LogP contribution in [0.25, 0.3) is 0 Å².